The third-order valence-electron chi connectivity index (χ3n) is 4.66. The van der Waals surface area contributed by atoms with Crippen molar-refractivity contribution < 1.29 is 0 Å². The summed E-state index contributed by atoms with van der Waals surface area (Å²) < 4.78 is 0. The normalized spacial score (nSPS) is 23.0. The molecule has 0 amide bonds. The van der Waals surface area contributed by atoms with Gasteiger partial charge in [-0.1, -0.05) is 24.9 Å². The maximum atomic E-state index is 6.20. The van der Waals surface area contributed by atoms with Crippen molar-refractivity contribution in [2.75, 3.05) is 19.6 Å². The molecule has 3 rings (SSSR count). The van der Waals surface area contributed by atoms with Crippen molar-refractivity contribution >= 4 is 11.6 Å². The number of unbranched alkanes of at least 4 members (excludes halogenated alkanes) is 1. The molecule has 2 aliphatic rings. The van der Waals surface area contributed by atoms with E-state index in [0.717, 1.165) is 49.4 Å². The SMILES string of the molecule is CCCCc1nc(Cl)c(CNCC2CCN(C3CC3)C2)[nH]1. The van der Waals surface area contributed by atoms with Crippen LogP contribution in [0.25, 0.3) is 0 Å². The van der Waals surface area contributed by atoms with E-state index in [1.54, 1.807) is 0 Å². The summed E-state index contributed by atoms with van der Waals surface area (Å²) in [6, 6.07) is 0.915. The van der Waals surface area contributed by atoms with Gasteiger partial charge < -0.3 is 15.2 Å². The second-order valence-electron chi connectivity index (χ2n) is 6.57. The second-order valence-corrected chi connectivity index (χ2v) is 6.93. The van der Waals surface area contributed by atoms with Crippen LogP contribution < -0.4 is 5.32 Å². The molecule has 2 fully saturated rings. The molecular formula is C16H27ClN4. The van der Waals surface area contributed by atoms with E-state index in [1.165, 1.54) is 38.8 Å². The lowest BCUT2D eigenvalue weighted by Crippen LogP contribution is -2.27. The molecule has 0 spiro atoms. The van der Waals surface area contributed by atoms with E-state index in [4.69, 9.17) is 11.6 Å². The minimum atomic E-state index is 0.639. The van der Waals surface area contributed by atoms with Crippen LogP contribution in [0.15, 0.2) is 0 Å². The number of hydrogen-bond acceptors (Lipinski definition) is 3. The molecule has 1 aromatic heterocycles. The van der Waals surface area contributed by atoms with Gasteiger partial charge in [-0.2, -0.15) is 0 Å². The Hall–Kier alpha value is -0.580. The minimum absolute atomic E-state index is 0.639. The fourth-order valence-electron chi connectivity index (χ4n) is 3.22. The number of imidazole rings is 1. The van der Waals surface area contributed by atoms with Crippen LogP contribution in [-0.4, -0.2) is 40.5 Å². The lowest BCUT2D eigenvalue weighted by Gasteiger charge is -2.15. The molecule has 4 nitrogen and oxygen atoms in total. The summed E-state index contributed by atoms with van der Waals surface area (Å²) >= 11 is 6.20. The van der Waals surface area contributed by atoms with Gasteiger partial charge in [0.15, 0.2) is 5.15 Å². The van der Waals surface area contributed by atoms with Gasteiger partial charge in [0, 0.05) is 25.6 Å². The van der Waals surface area contributed by atoms with E-state index in [-0.39, 0.29) is 0 Å². The van der Waals surface area contributed by atoms with Gasteiger partial charge in [-0.25, -0.2) is 4.98 Å². The van der Waals surface area contributed by atoms with Crippen LogP contribution in [0.3, 0.4) is 0 Å². The van der Waals surface area contributed by atoms with Crippen LogP contribution in [0.2, 0.25) is 5.15 Å². The number of rotatable bonds is 8. The quantitative estimate of drug-likeness (QED) is 0.776. The highest BCUT2D eigenvalue weighted by Crippen LogP contribution is 2.31. The highest BCUT2D eigenvalue weighted by Gasteiger charge is 2.33. The smallest absolute Gasteiger partial charge is 0.151 e. The van der Waals surface area contributed by atoms with Crippen molar-refractivity contribution in [3.05, 3.63) is 16.7 Å². The molecule has 1 aliphatic heterocycles. The molecule has 118 valence electrons. The molecule has 1 atom stereocenters. The Kier molecular flexibility index (Phi) is 5.19. The van der Waals surface area contributed by atoms with Crippen molar-refractivity contribution in [2.24, 2.45) is 5.92 Å². The van der Waals surface area contributed by atoms with Gasteiger partial charge in [0.2, 0.25) is 0 Å². The Morgan fingerprint density at radius 3 is 3.00 bits per heavy atom. The average Bonchev–Trinajstić information content (AvgIpc) is 3.12. The second kappa shape index (κ2) is 7.12. The number of aromatic amines is 1. The maximum absolute atomic E-state index is 6.20. The summed E-state index contributed by atoms with van der Waals surface area (Å²) in [6.45, 7) is 6.65. The first-order chi connectivity index (χ1) is 10.3. The van der Waals surface area contributed by atoms with Gasteiger partial charge in [-0.3, -0.25) is 0 Å². The van der Waals surface area contributed by atoms with Gasteiger partial charge in [0.25, 0.3) is 0 Å². The Bertz CT molecular complexity index is 455. The van der Waals surface area contributed by atoms with Crippen molar-refractivity contribution in [1.29, 1.82) is 0 Å². The first-order valence-electron chi connectivity index (χ1n) is 8.44. The summed E-state index contributed by atoms with van der Waals surface area (Å²) in [6.07, 6.45) is 7.52. The Morgan fingerprint density at radius 2 is 2.24 bits per heavy atom. The highest BCUT2D eigenvalue weighted by atomic mass is 35.5. The van der Waals surface area contributed by atoms with E-state index in [1.807, 2.05) is 0 Å². The lowest BCUT2D eigenvalue weighted by molar-refractivity contribution is 0.311. The Balaban J connectivity index is 1.39. The number of halogens is 1. The van der Waals surface area contributed by atoms with Crippen LogP contribution in [0, 0.1) is 5.92 Å². The zero-order valence-electron chi connectivity index (χ0n) is 13.0. The lowest BCUT2D eigenvalue weighted by atomic mass is 10.1. The van der Waals surface area contributed by atoms with Gasteiger partial charge in [0.05, 0.1) is 5.69 Å². The molecule has 1 aromatic rings. The largest absolute Gasteiger partial charge is 0.344 e. The van der Waals surface area contributed by atoms with Crippen LogP contribution in [-0.2, 0) is 13.0 Å². The molecule has 0 radical (unpaired) electrons. The fraction of sp³-hybridized carbons (Fsp3) is 0.812. The summed E-state index contributed by atoms with van der Waals surface area (Å²) in [5.41, 5.74) is 1.04. The summed E-state index contributed by atoms with van der Waals surface area (Å²) in [7, 11) is 0. The Morgan fingerprint density at radius 1 is 1.38 bits per heavy atom. The standard InChI is InChI=1S/C16H27ClN4/c1-2-3-4-15-19-14(16(17)20-15)10-18-9-12-7-8-21(11-12)13-5-6-13/h12-13,18H,2-11H2,1H3,(H,19,20). The van der Waals surface area contributed by atoms with Gasteiger partial charge >= 0.3 is 0 Å². The molecule has 21 heavy (non-hydrogen) atoms. The molecule has 1 saturated heterocycles. The molecule has 0 bridgehead atoms. The average molecular weight is 311 g/mol. The number of aromatic nitrogens is 2. The molecule has 0 aromatic carbocycles. The molecule has 1 saturated carbocycles. The number of likely N-dealkylation sites (tertiary alicyclic amines) is 1. The van der Waals surface area contributed by atoms with E-state index < -0.39 is 0 Å². The topological polar surface area (TPSA) is 44.0 Å². The fourth-order valence-corrected chi connectivity index (χ4v) is 3.44. The van der Waals surface area contributed by atoms with Crippen LogP contribution in [0.5, 0.6) is 0 Å². The third-order valence-corrected chi connectivity index (χ3v) is 4.97. The number of H-pyrrole nitrogens is 1. The number of aryl methyl sites for hydroxylation is 1. The summed E-state index contributed by atoms with van der Waals surface area (Å²) in [5, 5.41) is 4.19. The predicted octanol–water partition coefficient (Wildman–Crippen LogP) is 2.98. The number of nitrogens with zero attached hydrogens (tertiary/aromatic N) is 2. The van der Waals surface area contributed by atoms with E-state index in [2.05, 4.69) is 27.1 Å². The number of hydrogen-bond donors (Lipinski definition) is 2. The molecule has 1 unspecified atom stereocenters. The van der Waals surface area contributed by atoms with Crippen molar-refractivity contribution in [3.8, 4) is 0 Å². The van der Waals surface area contributed by atoms with E-state index in [9.17, 15) is 0 Å². The van der Waals surface area contributed by atoms with Gasteiger partial charge in [-0.05, 0) is 44.7 Å². The zero-order valence-corrected chi connectivity index (χ0v) is 13.8. The van der Waals surface area contributed by atoms with Crippen LogP contribution in [0.4, 0.5) is 0 Å². The monoisotopic (exact) mass is 310 g/mol. The van der Waals surface area contributed by atoms with Crippen LogP contribution in [0.1, 0.15) is 50.5 Å². The molecular weight excluding hydrogens is 284 g/mol. The van der Waals surface area contributed by atoms with Crippen molar-refractivity contribution in [1.82, 2.24) is 20.2 Å². The molecule has 2 N–H and O–H groups in total. The van der Waals surface area contributed by atoms with E-state index in [0.29, 0.717) is 5.15 Å². The van der Waals surface area contributed by atoms with Gasteiger partial charge in [0.1, 0.15) is 5.82 Å². The van der Waals surface area contributed by atoms with Crippen molar-refractivity contribution in [3.63, 3.8) is 0 Å². The first-order valence-corrected chi connectivity index (χ1v) is 8.82. The summed E-state index contributed by atoms with van der Waals surface area (Å²) in [5.74, 6) is 1.83. The van der Waals surface area contributed by atoms with Crippen molar-refractivity contribution in [2.45, 2.75) is 58.0 Å². The predicted molar refractivity (Wildman–Crippen MR) is 86.6 cm³/mol. The molecule has 2 heterocycles. The molecule has 1 aliphatic carbocycles. The maximum Gasteiger partial charge on any atom is 0.151 e. The Labute approximate surface area is 132 Å². The number of nitrogens with one attached hydrogen (secondary N) is 2. The third kappa shape index (κ3) is 4.21. The van der Waals surface area contributed by atoms with Gasteiger partial charge in [-0.15, -0.1) is 0 Å². The minimum Gasteiger partial charge on any atom is -0.344 e. The zero-order chi connectivity index (χ0) is 14.7. The van der Waals surface area contributed by atoms with E-state index >= 15 is 0 Å². The highest BCUT2D eigenvalue weighted by molar-refractivity contribution is 6.30. The van der Waals surface area contributed by atoms with Crippen LogP contribution >= 0.6 is 11.6 Å². The summed E-state index contributed by atoms with van der Waals surface area (Å²) in [4.78, 5) is 10.4. The molecule has 5 heteroatoms. The first kappa shape index (κ1) is 15.3.